The molecule has 0 spiro atoms. The number of benzene rings is 1. The predicted molar refractivity (Wildman–Crippen MR) is 64.7 cm³/mol. The number of aryl methyl sites for hydroxylation is 1. The van der Waals surface area contributed by atoms with Crippen LogP contribution in [0.25, 0.3) is 11.4 Å². The molecular formula is C12H14N4O. The van der Waals surface area contributed by atoms with Crippen molar-refractivity contribution >= 4 is 5.69 Å². The van der Waals surface area contributed by atoms with Gasteiger partial charge < -0.3 is 14.6 Å². The Kier molecular flexibility index (Phi) is 2.53. The Morgan fingerprint density at radius 2 is 2.06 bits per heavy atom. The summed E-state index contributed by atoms with van der Waals surface area (Å²) < 4.78 is 7.03. The summed E-state index contributed by atoms with van der Waals surface area (Å²) in [5.74, 6) is 0.878. The van der Waals surface area contributed by atoms with E-state index in [0.29, 0.717) is 6.04 Å². The zero-order chi connectivity index (χ0) is 11.7. The molecule has 17 heavy (non-hydrogen) atoms. The van der Waals surface area contributed by atoms with Crippen molar-refractivity contribution in [2.45, 2.75) is 6.04 Å². The molecule has 1 N–H and O–H groups in total. The molecule has 1 fully saturated rings. The minimum Gasteiger partial charge on any atom is -0.378 e. The average Bonchev–Trinajstić information content (AvgIpc) is 2.71. The number of hydrogen-bond acceptors (Lipinski definition) is 4. The van der Waals surface area contributed by atoms with E-state index >= 15 is 0 Å². The van der Waals surface area contributed by atoms with Gasteiger partial charge in [-0.15, -0.1) is 10.2 Å². The first-order valence-corrected chi connectivity index (χ1v) is 5.61. The number of anilines is 1. The molecule has 1 aliphatic rings. The molecule has 2 heterocycles. The van der Waals surface area contributed by atoms with Crippen LogP contribution in [-0.2, 0) is 11.8 Å². The normalized spacial score (nSPS) is 15.6. The van der Waals surface area contributed by atoms with Gasteiger partial charge in [-0.2, -0.15) is 0 Å². The SMILES string of the molecule is Cn1cnnc1-c1ccc(NC2COC2)cc1. The van der Waals surface area contributed by atoms with Gasteiger partial charge in [0.15, 0.2) is 5.82 Å². The first-order chi connectivity index (χ1) is 8.33. The van der Waals surface area contributed by atoms with E-state index in [1.54, 1.807) is 6.33 Å². The topological polar surface area (TPSA) is 52.0 Å². The first-order valence-electron chi connectivity index (χ1n) is 5.61. The van der Waals surface area contributed by atoms with Gasteiger partial charge in [-0.3, -0.25) is 0 Å². The number of nitrogens with zero attached hydrogens (tertiary/aromatic N) is 3. The lowest BCUT2D eigenvalue weighted by Gasteiger charge is -2.27. The minimum atomic E-state index is 0.454. The molecule has 88 valence electrons. The average molecular weight is 230 g/mol. The van der Waals surface area contributed by atoms with Crippen LogP contribution < -0.4 is 5.32 Å². The minimum absolute atomic E-state index is 0.454. The van der Waals surface area contributed by atoms with E-state index in [9.17, 15) is 0 Å². The summed E-state index contributed by atoms with van der Waals surface area (Å²) in [5.41, 5.74) is 2.18. The summed E-state index contributed by atoms with van der Waals surface area (Å²) in [4.78, 5) is 0. The van der Waals surface area contributed by atoms with Gasteiger partial charge in [0.25, 0.3) is 0 Å². The third kappa shape index (κ3) is 2.01. The van der Waals surface area contributed by atoms with Crippen molar-refractivity contribution < 1.29 is 4.74 Å². The smallest absolute Gasteiger partial charge is 0.163 e. The van der Waals surface area contributed by atoms with Crippen molar-refractivity contribution in [1.29, 1.82) is 0 Å². The van der Waals surface area contributed by atoms with Crippen molar-refractivity contribution in [3.63, 3.8) is 0 Å². The number of aromatic nitrogens is 3. The van der Waals surface area contributed by atoms with Crippen LogP contribution in [0, 0.1) is 0 Å². The maximum Gasteiger partial charge on any atom is 0.163 e. The summed E-state index contributed by atoms with van der Waals surface area (Å²) in [5, 5.41) is 11.3. The van der Waals surface area contributed by atoms with E-state index in [1.165, 1.54) is 0 Å². The zero-order valence-corrected chi connectivity index (χ0v) is 9.63. The Morgan fingerprint density at radius 3 is 2.59 bits per heavy atom. The van der Waals surface area contributed by atoms with Gasteiger partial charge in [-0.25, -0.2) is 0 Å². The van der Waals surface area contributed by atoms with Gasteiger partial charge in [0.2, 0.25) is 0 Å². The standard InChI is InChI=1S/C12H14N4O/c1-16-8-13-15-12(16)9-2-4-10(5-3-9)14-11-6-17-7-11/h2-5,8,11,14H,6-7H2,1H3. The van der Waals surface area contributed by atoms with Gasteiger partial charge in [0, 0.05) is 18.3 Å². The summed E-state index contributed by atoms with van der Waals surface area (Å²) in [7, 11) is 1.94. The summed E-state index contributed by atoms with van der Waals surface area (Å²) >= 11 is 0. The van der Waals surface area contributed by atoms with Gasteiger partial charge in [0.1, 0.15) is 6.33 Å². The predicted octanol–water partition coefficient (Wildman–Crippen LogP) is 1.29. The molecule has 0 saturated carbocycles. The van der Waals surface area contributed by atoms with Crippen LogP contribution in [0.4, 0.5) is 5.69 Å². The summed E-state index contributed by atoms with van der Waals surface area (Å²) in [6.45, 7) is 1.59. The monoisotopic (exact) mass is 230 g/mol. The van der Waals surface area contributed by atoms with Crippen LogP contribution in [-0.4, -0.2) is 34.0 Å². The highest BCUT2D eigenvalue weighted by molar-refractivity contribution is 5.60. The quantitative estimate of drug-likeness (QED) is 0.863. The van der Waals surface area contributed by atoms with Gasteiger partial charge in [0.05, 0.1) is 19.3 Å². The molecule has 0 aliphatic carbocycles. The van der Waals surface area contributed by atoms with E-state index < -0.39 is 0 Å². The molecule has 1 aliphatic heterocycles. The Labute approximate surface area is 99.4 Å². The Balaban J connectivity index is 1.77. The van der Waals surface area contributed by atoms with E-state index in [0.717, 1.165) is 30.3 Å². The molecule has 5 nitrogen and oxygen atoms in total. The Hall–Kier alpha value is -1.88. The van der Waals surface area contributed by atoms with Crippen molar-refractivity contribution in [3.05, 3.63) is 30.6 Å². The molecule has 1 aromatic heterocycles. The number of ether oxygens (including phenoxy) is 1. The molecule has 0 unspecified atom stereocenters. The van der Waals surface area contributed by atoms with Gasteiger partial charge in [-0.05, 0) is 24.3 Å². The fourth-order valence-electron chi connectivity index (χ4n) is 1.81. The van der Waals surface area contributed by atoms with E-state index in [1.807, 2.05) is 23.7 Å². The largest absolute Gasteiger partial charge is 0.378 e. The molecule has 5 heteroatoms. The Bertz CT molecular complexity index is 501. The van der Waals surface area contributed by atoms with Gasteiger partial charge in [-0.1, -0.05) is 0 Å². The molecule has 1 aromatic carbocycles. The van der Waals surface area contributed by atoms with Crippen LogP contribution in [0.2, 0.25) is 0 Å². The molecule has 1 saturated heterocycles. The third-order valence-electron chi connectivity index (χ3n) is 2.86. The number of hydrogen-bond donors (Lipinski definition) is 1. The van der Waals surface area contributed by atoms with Crippen molar-refractivity contribution in [2.75, 3.05) is 18.5 Å². The van der Waals surface area contributed by atoms with Crippen molar-refractivity contribution in [2.24, 2.45) is 7.05 Å². The van der Waals surface area contributed by atoms with E-state index in [-0.39, 0.29) is 0 Å². The second kappa shape index (κ2) is 4.18. The molecule has 2 aromatic rings. The second-order valence-corrected chi connectivity index (χ2v) is 4.22. The maximum atomic E-state index is 5.12. The van der Waals surface area contributed by atoms with Gasteiger partial charge >= 0.3 is 0 Å². The second-order valence-electron chi connectivity index (χ2n) is 4.22. The maximum absolute atomic E-state index is 5.12. The summed E-state index contributed by atoms with van der Waals surface area (Å²) in [6.07, 6.45) is 1.70. The van der Waals surface area contributed by atoms with Crippen LogP contribution >= 0.6 is 0 Å². The van der Waals surface area contributed by atoms with E-state index in [4.69, 9.17) is 4.74 Å². The lowest BCUT2D eigenvalue weighted by Crippen LogP contribution is -2.40. The highest BCUT2D eigenvalue weighted by Crippen LogP contribution is 2.19. The first kappa shape index (κ1) is 10.3. The number of nitrogens with one attached hydrogen (secondary N) is 1. The molecule has 0 atom stereocenters. The van der Waals surface area contributed by atoms with Crippen molar-refractivity contribution in [1.82, 2.24) is 14.8 Å². The van der Waals surface area contributed by atoms with Crippen LogP contribution in [0.3, 0.4) is 0 Å². The van der Waals surface area contributed by atoms with Crippen LogP contribution in [0.5, 0.6) is 0 Å². The fraction of sp³-hybridized carbons (Fsp3) is 0.333. The molecular weight excluding hydrogens is 216 g/mol. The highest BCUT2D eigenvalue weighted by atomic mass is 16.5. The van der Waals surface area contributed by atoms with Crippen LogP contribution in [0.15, 0.2) is 30.6 Å². The molecule has 0 radical (unpaired) electrons. The molecule has 3 rings (SSSR count). The van der Waals surface area contributed by atoms with Crippen LogP contribution in [0.1, 0.15) is 0 Å². The fourth-order valence-corrected chi connectivity index (χ4v) is 1.81. The van der Waals surface area contributed by atoms with E-state index in [2.05, 4.69) is 27.6 Å². The van der Waals surface area contributed by atoms with Crippen molar-refractivity contribution in [3.8, 4) is 11.4 Å². The lowest BCUT2D eigenvalue weighted by atomic mass is 10.1. The Morgan fingerprint density at radius 1 is 1.29 bits per heavy atom. The highest BCUT2D eigenvalue weighted by Gasteiger charge is 2.17. The lowest BCUT2D eigenvalue weighted by molar-refractivity contribution is 0.0211. The molecule has 0 amide bonds. The molecule has 0 bridgehead atoms. The zero-order valence-electron chi connectivity index (χ0n) is 9.63. The number of rotatable bonds is 3. The summed E-state index contributed by atoms with van der Waals surface area (Å²) in [6, 6.07) is 8.67. The third-order valence-corrected chi connectivity index (χ3v) is 2.86.